The Labute approximate surface area is 111 Å². The Morgan fingerprint density at radius 1 is 1.11 bits per heavy atom. The Balaban J connectivity index is 2.09. The van der Waals surface area contributed by atoms with Gasteiger partial charge in [-0.25, -0.2) is 4.98 Å². The summed E-state index contributed by atoms with van der Waals surface area (Å²) in [6.45, 7) is 0. The number of rotatable bonds is 3. The van der Waals surface area contributed by atoms with E-state index < -0.39 is 6.36 Å². The van der Waals surface area contributed by atoms with E-state index in [-0.39, 0.29) is 22.4 Å². The van der Waals surface area contributed by atoms with Gasteiger partial charge < -0.3 is 9.47 Å². The van der Waals surface area contributed by atoms with Crippen molar-refractivity contribution in [3.8, 4) is 17.4 Å². The molecule has 2 rings (SSSR count). The number of benzene rings is 1. The summed E-state index contributed by atoms with van der Waals surface area (Å²) in [5, 5.41) is 0.248. The average Bonchev–Trinajstić information content (AvgIpc) is 2.33. The van der Waals surface area contributed by atoms with Gasteiger partial charge in [-0.2, -0.15) is 0 Å². The Bertz CT molecular complexity index is 558. The second-order valence-electron chi connectivity index (χ2n) is 3.34. The number of hydrogen-bond acceptors (Lipinski definition) is 3. The van der Waals surface area contributed by atoms with E-state index in [9.17, 15) is 13.2 Å². The van der Waals surface area contributed by atoms with Gasteiger partial charge in [-0.05, 0) is 30.3 Å². The second-order valence-corrected chi connectivity index (χ2v) is 3.75. The molecule has 1 radical (unpaired) electrons. The van der Waals surface area contributed by atoms with Crippen molar-refractivity contribution in [3.63, 3.8) is 0 Å². The molecule has 1 heterocycles. The highest BCUT2D eigenvalue weighted by Gasteiger charge is 2.30. The first-order chi connectivity index (χ1) is 8.94. The first kappa shape index (κ1) is 13.5. The number of halogens is 4. The molecule has 0 amide bonds. The molecule has 7 heteroatoms. The number of alkyl halides is 3. The topological polar surface area (TPSA) is 31.4 Å². The predicted octanol–water partition coefficient (Wildman–Crippen LogP) is 4.23. The van der Waals surface area contributed by atoms with Gasteiger partial charge in [0.25, 0.3) is 0 Å². The molecule has 0 aliphatic rings. The van der Waals surface area contributed by atoms with Crippen LogP contribution in [-0.2, 0) is 0 Å². The van der Waals surface area contributed by atoms with Gasteiger partial charge in [0, 0.05) is 12.3 Å². The third kappa shape index (κ3) is 4.03. The van der Waals surface area contributed by atoms with E-state index in [0.717, 1.165) is 12.1 Å². The third-order valence-electron chi connectivity index (χ3n) is 1.94. The van der Waals surface area contributed by atoms with Crippen molar-refractivity contribution in [1.82, 2.24) is 4.98 Å². The Morgan fingerprint density at radius 2 is 1.74 bits per heavy atom. The summed E-state index contributed by atoms with van der Waals surface area (Å²) >= 11 is 5.80. The summed E-state index contributed by atoms with van der Waals surface area (Å²) in [5.74, 6) is 0.0975. The van der Waals surface area contributed by atoms with E-state index in [1.54, 1.807) is 0 Å². The summed E-state index contributed by atoms with van der Waals surface area (Å²) < 4.78 is 44.9. The van der Waals surface area contributed by atoms with Gasteiger partial charge in [-0.15, -0.1) is 13.2 Å². The molecule has 0 unspecified atom stereocenters. The zero-order valence-electron chi connectivity index (χ0n) is 9.24. The summed E-state index contributed by atoms with van der Waals surface area (Å²) in [4.78, 5) is 3.83. The fourth-order valence-corrected chi connectivity index (χ4v) is 1.38. The van der Waals surface area contributed by atoms with Crippen LogP contribution in [-0.4, -0.2) is 11.3 Å². The highest BCUT2D eigenvalue weighted by atomic mass is 35.5. The molecule has 1 aromatic heterocycles. The molecule has 99 valence electrons. The molecular formula is C12H6ClF3NO2. The number of aromatic nitrogens is 1. The quantitative estimate of drug-likeness (QED) is 0.847. The first-order valence-electron chi connectivity index (χ1n) is 4.99. The van der Waals surface area contributed by atoms with Crippen LogP contribution in [0.2, 0.25) is 5.02 Å². The summed E-state index contributed by atoms with van der Waals surface area (Å²) in [7, 11) is 0. The first-order valence-corrected chi connectivity index (χ1v) is 5.37. The van der Waals surface area contributed by atoms with Crippen LogP contribution in [0.5, 0.6) is 17.4 Å². The van der Waals surface area contributed by atoms with Crippen molar-refractivity contribution in [1.29, 1.82) is 0 Å². The Kier molecular flexibility index (Phi) is 3.80. The summed E-state index contributed by atoms with van der Waals surface area (Å²) in [6.07, 6.45) is -3.36. The molecule has 1 aromatic carbocycles. The lowest BCUT2D eigenvalue weighted by molar-refractivity contribution is -0.274. The van der Waals surface area contributed by atoms with Crippen LogP contribution in [0.15, 0.2) is 36.5 Å². The molecule has 19 heavy (non-hydrogen) atoms. The van der Waals surface area contributed by atoms with Crippen LogP contribution >= 0.6 is 11.6 Å². The van der Waals surface area contributed by atoms with E-state index in [4.69, 9.17) is 16.3 Å². The summed E-state index contributed by atoms with van der Waals surface area (Å²) in [5.41, 5.74) is 0. The van der Waals surface area contributed by atoms with Crippen molar-refractivity contribution in [2.75, 3.05) is 0 Å². The monoisotopic (exact) mass is 288 g/mol. The minimum absolute atomic E-state index is 0.143. The van der Waals surface area contributed by atoms with E-state index in [0.29, 0.717) is 0 Å². The van der Waals surface area contributed by atoms with Gasteiger partial charge in [0.05, 0.1) is 0 Å². The van der Waals surface area contributed by atoms with E-state index in [1.165, 1.54) is 24.4 Å². The fourth-order valence-electron chi connectivity index (χ4n) is 1.23. The van der Waals surface area contributed by atoms with Gasteiger partial charge >= 0.3 is 6.36 Å². The minimum Gasteiger partial charge on any atom is -0.438 e. The molecular weight excluding hydrogens is 283 g/mol. The molecule has 0 aliphatic carbocycles. The molecule has 0 N–H and O–H groups in total. The van der Waals surface area contributed by atoms with Gasteiger partial charge in [-0.3, -0.25) is 0 Å². The number of pyridine rings is 1. The fraction of sp³-hybridized carbons (Fsp3) is 0.0833. The number of hydrogen-bond donors (Lipinski definition) is 0. The minimum atomic E-state index is -4.72. The zero-order chi connectivity index (χ0) is 13.9. The SMILES string of the molecule is FC(F)(F)Oc1ccc(Oc2nc[c]cc2Cl)cc1. The van der Waals surface area contributed by atoms with Gasteiger partial charge in [0.2, 0.25) is 5.88 Å². The second kappa shape index (κ2) is 5.36. The van der Waals surface area contributed by atoms with Crippen LogP contribution < -0.4 is 9.47 Å². The average molecular weight is 289 g/mol. The van der Waals surface area contributed by atoms with E-state index in [1.807, 2.05) is 0 Å². The smallest absolute Gasteiger partial charge is 0.438 e. The van der Waals surface area contributed by atoms with Gasteiger partial charge in [0.15, 0.2) is 0 Å². The van der Waals surface area contributed by atoms with Crippen molar-refractivity contribution >= 4 is 11.6 Å². The maximum Gasteiger partial charge on any atom is 0.573 e. The van der Waals surface area contributed by atoms with Crippen LogP contribution in [0, 0.1) is 6.07 Å². The number of nitrogens with zero attached hydrogens (tertiary/aromatic N) is 1. The lowest BCUT2D eigenvalue weighted by Crippen LogP contribution is -2.16. The van der Waals surface area contributed by atoms with Crippen LogP contribution in [0.25, 0.3) is 0 Å². The molecule has 0 saturated carbocycles. The van der Waals surface area contributed by atoms with Gasteiger partial charge in [0.1, 0.15) is 16.5 Å². The van der Waals surface area contributed by atoms with E-state index >= 15 is 0 Å². The third-order valence-corrected chi connectivity index (χ3v) is 2.21. The van der Waals surface area contributed by atoms with Crippen molar-refractivity contribution in [3.05, 3.63) is 47.6 Å². The molecule has 0 atom stereocenters. The largest absolute Gasteiger partial charge is 0.573 e. The lowest BCUT2D eigenvalue weighted by atomic mass is 10.3. The maximum atomic E-state index is 12.0. The molecule has 3 nitrogen and oxygen atoms in total. The number of ether oxygens (including phenoxy) is 2. The Hall–Kier alpha value is -1.95. The van der Waals surface area contributed by atoms with Crippen molar-refractivity contribution < 1.29 is 22.6 Å². The standard InChI is InChI=1S/C12H6ClF3NO2/c13-10-2-1-7-17-11(10)18-8-3-5-9(6-4-8)19-12(14,15)16/h2-7H. The van der Waals surface area contributed by atoms with Crippen LogP contribution in [0.1, 0.15) is 0 Å². The lowest BCUT2D eigenvalue weighted by Gasteiger charge is -2.10. The molecule has 2 aromatic rings. The van der Waals surface area contributed by atoms with Crippen molar-refractivity contribution in [2.24, 2.45) is 0 Å². The Morgan fingerprint density at radius 3 is 2.32 bits per heavy atom. The van der Waals surface area contributed by atoms with E-state index in [2.05, 4.69) is 15.8 Å². The highest BCUT2D eigenvalue weighted by molar-refractivity contribution is 6.31. The highest BCUT2D eigenvalue weighted by Crippen LogP contribution is 2.29. The maximum absolute atomic E-state index is 12.0. The van der Waals surface area contributed by atoms with Crippen LogP contribution in [0.3, 0.4) is 0 Å². The van der Waals surface area contributed by atoms with Gasteiger partial charge in [-0.1, -0.05) is 11.6 Å². The zero-order valence-corrected chi connectivity index (χ0v) is 10.00. The molecule has 0 fully saturated rings. The van der Waals surface area contributed by atoms with Crippen LogP contribution in [0.4, 0.5) is 13.2 Å². The predicted molar refractivity (Wildman–Crippen MR) is 61.3 cm³/mol. The molecule has 0 bridgehead atoms. The summed E-state index contributed by atoms with van der Waals surface area (Å²) in [6, 6.07) is 9.01. The normalized spacial score (nSPS) is 11.2. The molecule has 0 aliphatic heterocycles. The molecule has 0 saturated heterocycles. The molecule has 0 spiro atoms. The van der Waals surface area contributed by atoms with Crippen molar-refractivity contribution in [2.45, 2.75) is 6.36 Å².